The van der Waals surface area contributed by atoms with E-state index >= 15 is 0 Å². The smallest absolute Gasteiger partial charge is 0.0192 e. The van der Waals surface area contributed by atoms with E-state index in [1.54, 1.807) is 0 Å². The van der Waals surface area contributed by atoms with E-state index in [1.807, 2.05) is 0 Å². The molecular weight excluding hydrogens is 210 g/mol. The number of likely N-dealkylation sites (N-methyl/N-ethyl adjacent to an activating group) is 1. The van der Waals surface area contributed by atoms with Crippen LogP contribution in [-0.4, -0.2) is 62.2 Å². The Morgan fingerprint density at radius 1 is 1.06 bits per heavy atom. The highest BCUT2D eigenvalue weighted by atomic mass is 15.2. The topological polar surface area (TPSA) is 18.5 Å². The summed E-state index contributed by atoms with van der Waals surface area (Å²) in [6, 6.07) is 0.736. The number of likely N-dealkylation sites (tertiary alicyclic amines) is 2. The van der Waals surface area contributed by atoms with Gasteiger partial charge in [-0.1, -0.05) is 6.92 Å². The minimum atomic E-state index is 0.736. The van der Waals surface area contributed by atoms with E-state index in [4.69, 9.17) is 0 Å². The van der Waals surface area contributed by atoms with Crippen LogP contribution in [0.4, 0.5) is 0 Å². The standard InChI is InChI=1S/C14H29N3/c1-3-16-9-6-13(7-10-16)11-17-8-4-5-14(12-17)15-2/h13-15H,3-12H2,1-2H3. The zero-order valence-electron chi connectivity index (χ0n) is 11.6. The lowest BCUT2D eigenvalue weighted by atomic mass is 9.95. The third-order valence-electron chi connectivity index (χ3n) is 4.58. The fourth-order valence-electron chi connectivity index (χ4n) is 3.31. The Labute approximate surface area is 107 Å². The van der Waals surface area contributed by atoms with Crippen molar-refractivity contribution in [2.45, 2.75) is 38.6 Å². The summed E-state index contributed by atoms with van der Waals surface area (Å²) >= 11 is 0. The summed E-state index contributed by atoms with van der Waals surface area (Å²) in [5.41, 5.74) is 0. The highest BCUT2D eigenvalue weighted by Crippen LogP contribution is 2.20. The van der Waals surface area contributed by atoms with Gasteiger partial charge in [0.05, 0.1) is 0 Å². The number of nitrogens with one attached hydrogen (secondary N) is 1. The van der Waals surface area contributed by atoms with Gasteiger partial charge >= 0.3 is 0 Å². The Morgan fingerprint density at radius 3 is 2.47 bits per heavy atom. The largest absolute Gasteiger partial charge is 0.316 e. The second kappa shape index (κ2) is 6.72. The molecule has 2 saturated heterocycles. The summed E-state index contributed by atoms with van der Waals surface area (Å²) in [5, 5.41) is 3.44. The molecule has 0 spiro atoms. The van der Waals surface area contributed by atoms with Crippen molar-refractivity contribution < 1.29 is 0 Å². The third-order valence-corrected chi connectivity index (χ3v) is 4.58. The molecule has 0 radical (unpaired) electrons. The second-order valence-corrected chi connectivity index (χ2v) is 5.77. The molecule has 1 N–H and O–H groups in total. The van der Waals surface area contributed by atoms with Crippen LogP contribution in [0.2, 0.25) is 0 Å². The molecule has 2 fully saturated rings. The summed E-state index contributed by atoms with van der Waals surface area (Å²) in [4.78, 5) is 5.28. The average Bonchev–Trinajstić information content (AvgIpc) is 2.40. The van der Waals surface area contributed by atoms with Crippen LogP contribution in [0, 0.1) is 5.92 Å². The first kappa shape index (κ1) is 13.3. The number of hydrogen-bond acceptors (Lipinski definition) is 3. The van der Waals surface area contributed by atoms with Gasteiger partial charge in [-0.2, -0.15) is 0 Å². The molecule has 2 aliphatic rings. The maximum Gasteiger partial charge on any atom is 0.0192 e. The first-order valence-electron chi connectivity index (χ1n) is 7.43. The van der Waals surface area contributed by atoms with Gasteiger partial charge in [0.25, 0.3) is 0 Å². The predicted molar refractivity (Wildman–Crippen MR) is 73.4 cm³/mol. The molecule has 0 bridgehead atoms. The van der Waals surface area contributed by atoms with Crippen molar-refractivity contribution in [3.05, 3.63) is 0 Å². The van der Waals surface area contributed by atoms with Crippen molar-refractivity contribution in [3.8, 4) is 0 Å². The Hall–Kier alpha value is -0.120. The Kier molecular flexibility index (Phi) is 5.26. The van der Waals surface area contributed by atoms with Crippen LogP contribution in [0.3, 0.4) is 0 Å². The predicted octanol–water partition coefficient (Wildman–Crippen LogP) is 1.40. The van der Waals surface area contributed by atoms with Crippen molar-refractivity contribution in [1.29, 1.82) is 0 Å². The summed E-state index contributed by atoms with van der Waals surface area (Å²) in [7, 11) is 2.11. The molecule has 100 valence electrons. The molecule has 2 heterocycles. The van der Waals surface area contributed by atoms with Gasteiger partial charge in [-0.3, -0.25) is 0 Å². The van der Waals surface area contributed by atoms with E-state index in [-0.39, 0.29) is 0 Å². The van der Waals surface area contributed by atoms with E-state index in [0.29, 0.717) is 0 Å². The molecule has 3 nitrogen and oxygen atoms in total. The molecule has 0 aromatic rings. The zero-order chi connectivity index (χ0) is 12.1. The van der Waals surface area contributed by atoms with Crippen molar-refractivity contribution in [1.82, 2.24) is 15.1 Å². The van der Waals surface area contributed by atoms with Crippen LogP contribution in [0.15, 0.2) is 0 Å². The minimum Gasteiger partial charge on any atom is -0.316 e. The van der Waals surface area contributed by atoms with Gasteiger partial charge in [0.2, 0.25) is 0 Å². The fraction of sp³-hybridized carbons (Fsp3) is 1.00. The van der Waals surface area contributed by atoms with Gasteiger partial charge in [0, 0.05) is 19.1 Å². The lowest BCUT2D eigenvalue weighted by Gasteiger charge is -2.37. The van der Waals surface area contributed by atoms with Gasteiger partial charge in [0.15, 0.2) is 0 Å². The number of nitrogens with zero attached hydrogens (tertiary/aromatic N) is 2. The molecule has 0 amide bonds. The second-order valence-electron chi connectivity index (χ2n) is 5.77. The monoisotopic (exact) mass is 239 g/mol. The maximum atomic E-state index is 3.44. The summed E-state index contributed by atoms with van der Waals surface area (Å²) < 4.78 is 0. The van der Waals surface area contributed by atoms with Crippen LogP contribution < -0.4 is 5.32 Å². The van der Waals surface area contributed by atoms with Crippen LogP contribution >= 0.6 is 0 Å². The molecule has 1 atom stereocenters. The van der Waals surface area contributed by atoms with Crippen molar-refractivity contribution in [3.63, 3.8) is 0 Å². The normalized spacial score (nSPS) is 29.6. The molecule has 0 aromatic carbocycles. The molecule has 0 saturated carbocycles. The SMILES string of the molecule is CCN1CCC(CN2CCCC(NC)C2)CC1. The van der Waals surface area contributed by atoms with E-state index in [0.717, 1.165) is 12.0 Å². The lowest BCUT2D eigenvalue weighted by Crippen LogP contribution is -2.47. The van der Waals surface area contributed by atoms with Crippen LogP contribution in [0.5, 0.6) is 0 Å². The van der Waals surface area contributed by atoms with Gasteiger partial charge in [-0.15, -0.1) is 0 Å². The molecule has 17 heavy (non-hydrogen) atoms. The number of piperidine rings is 2. The minimum absolute atomic E-state index is 0.736. The van der Waals surface area contributed by atoms with Gasteiger partial charge in [-0.25, -0.2) is 0 Å². The molecule has 0 aliphatic carbocycles. The van der Waals surface area contributed by atoms with E-state index in [1.165, 1.54) is 65.0 Å². The first-order chi connectivity index (χ1) is 8.31. The molecule has 0 aromatic heterocycles. The lowest BCUT2D eigenvalue weighted by molar-refractivity contribution is 0.124. The van der Waals surface area contributed by atoms with Gasteiger partial charge in [-0.05, 0) is 64.8 Å². The Morgan fingerprint density at radius 2 is 1.82 bits per heavy atom. The highest BCUT2D eigenvalue weighted by molar-refractivity contribution is 4.80. The summed E-state index contributed by atoms with van der Waals surface area (Å²) in [6.45, 7) is 10.1. The molecule has 3 heteroatoms. The average molecular weight is 239 g/mol. The number of hydrogen-bond donors (Lipinski definition) is 1. The van der Waals surface area contributed by atoms with E-state index < -0.39 is 0 Å². The third kappa shape index (κ3) is 3.94. The maximum absolute atomic E-state index is 3.44. The fourth-order valence-corrected chi connectivity index (χ4v) is 3.31. The summed E-state index contributed by atoms with van der Waals surface area (Å²) in [5.74, 6) is 0.952. The van der Waals surface area contributed by atoms with Crippen LogP contribution in [0.1, 0.15) is 32.6 Å². The summed E-state index contributed by atoms with van der Waals surface area (Å²) in [6.07, 6.45) is 5.56. The molecule has 2 aliphatic heterocycles. The van der Waals surface area contributed by atoms with Gasteiger partial charge < -0.3 is 15.1 Å². The zero-order valence-corrected chi connectivity index (χ0v) is 11.6. The van der Waals surface area contributed by atoms with Gasteiger partial charge in [0.1, 0.15) is 0 Å². The molecule has 1 unspecified atom stereocenters. The molecular formula is C14H29N3. The van der Waals surface area contributed by atoms with E-state index in [9.17, 15) is 0 Å². The van der Waals surface area contributed by atoms with Crippen molar-refractivity contribution in [2.75, 3.05) is 46.3 Å². The quantitative estimate of drug-likeness (QED) is 0.800. The first-order valence-corrected chi connectivity index (χ1v) is 7.43. The van der Waals surface area contributed by atoms with Crippen LogP contribution in [-0.2, 0) is 0 Å². The van der Waals surface area contributed by atoms with Crippen molar-refractivity contribution >= 4 is 0 Å². The highest BCUT2D eigenvalue weighted by Gasteiger charge is 2.23. The number of rotatable bonds is 4. The van der Waals surface area contributed by atoms with Crippen molar-refractivity contribution in [2.24, 2.45) is 5.92 Å². The Balaban J connectivity index is 1.70. The van der Waals surface area contributed by atoms with E-state index in [2.05, 4.69) is 29.1 Å². The molecule has 2 rings (SSSR count). The Bertz CT molecular complexity index is 212. The van der Waals surface area contributed by atoms with Crippen LogP contribution in [0.25, 0.3) is 0 Å².